The Hall–Kier alpha value is -0.890. The van der Waals surface area contributed by atoms with Crippen LogP contribution in [0.3, 0.4) is 0 Å². The molecule has 0 heterocycles. The van der Waals surface area contributed by atoms with E-state index in [-0.39, 0.29) is 5.92 Å². The Morgan fingerprint density at radius 3 is 2.42 bits per heavy atom. The summed E-state index contributed by atoms with van der Waals surface area (Å²) >= 11 is 3.44. The topological polar surface area (TPSA) is 17.1 Å². The molecule has 1 aliphatic rings. The molecule has 2 heteroatoms. The highest BCUT2D eigenvalue weighted by atomic mass is 79.9. The molecule has 1 aromatic carbocycles. The Bertz CT molecular complexity index is 484. The van der Waals surface area contributed by atoms with Gasteiger partial charge in [0, 0.05) is 10.4 Å². The van der Waals surface area contributed by atoms with Gasteiger partial charge in [0.2, 0.25) is 0 Å². The first-order valence-corrected chi connectivity index (χ1v) is 7.79. The molecule has 19 heavy (non-hydrogen) atoms. The molecule has 1 saturated carbocycles. The monoisotopic (exact) mass is 320 g/mol. The first-order valence-electron chi connectivity index (χ1n) is 7.00. The predicted molar refractivity (Wildman–Crippen MR) is 83.9 cm³/mol. The highest BCUT2D eigenvalue weighted by Crippen LogP contribution is 2.35. The zero-order valence-corrected chi connectivity index (χ0v) is 13.4. The smallest absolute Gasteiger partial charge is 0.162 e. The zero-order valence-electron chi connectivity index (χ0n) is 11.8. The molecule has 0 bridgehead atoms. The third-order valence-electron chi connectivity index (χ3n) is 4.06. The fourth-order valence-corrected chi connectivity index (χ4v) is 3.03. The van der Waals surface area contributed by atoms with Crippen LogP contribution >= 0.6 is 15.9 Å². The molecule has 102 valence electrons. The van der Waals surface area contributed by atoms with Crippen molar-refractivity contribution >= 4 is 27.8 Å². The van der Waals surface area contributed by atoms with Gasteiger partial charge >= 0.3 is 0 Å². The second-order valence-corrected chi connectivity index (χ2v) is 6.76. The largest absolute Gasteiger partial charge is 0.294 e. The Balaban J connectivity index is 2.29. The van der Waals surface area contributed by atoms with E-state index < -0.39 is 0 Å². The van der Waals surface area contributed by atoms with Gasteiger partial charge < -0.3 is 0 Å². The number of ketones is 1. The number of carbonyl (C=O) groups excluding carboxylic acids is 1. The number of halogens is 1. The molecule has 0 aliphatic heterocycles. The van der Waals surface area contributed by atoms with Gasteiger partial charge in [-0.15, -0.1) is 0 Å². The lowest BCUT2D eigenvalue weighted by atomic mass is 9.73. The lowest BCUT2D eigenvalue weighted by Gasteiger charge is -2.30. The third kappa shape index (κ3) is 3.36. The highest BCUT2D eigenvalue weighted by Gasteiger charge is 2.32. The minimum absolute atomic E-state index is 0.206. The minimum atomic E-state index is 0.206. The molecule has 0 N–H and O–H groups in total. The minimum Gasteiger partial charge on any atom is -0.294 e. The van der Waals surface area contributed by atoms with Crippen LogP contribution < -0.4 is 0 Å². The van der Waals surface area contributed by atoms with Crippen LogP contribution in [0, 0.1) is 17.8 Å². The fourth-order valence-electron chi connectivity index (χ4n) is 2.76. The number of rotatable bonds is 2. The Morgan fingerprint density at radius 1 is 1.21 bits per heavy atom. The Kier molecular flexibility index (Phi) is 4.62. The van der Waals surface area contributed by atoms with E-state index in [1.807, 2.05) is 12.1 Å². The first kappa shape index (κ1) is 14.5. The van der Waals surface area contributed by atoms with Gasteiger partial charge in [-0.2, -0.15) is 0 Å². The normalized spacial score (nSPS) is 26.2. The highest BCUT2D eigenvalue weighted by molar-refractivity contribution is 9.10. The van der Waals surface area contributed by atoms with E-state index in [1.165, 1.54) is 0 Å². The third-order valence-corrected chi connectivity index (χ3v) is 4.59. The number of benzene rings is 1. The van der Waals surface area contributed by atoms with Gasteiger partial charge in [-0.25, -0.2) is 0 Å². The summed E-state index contributed by atoms with van der Waals surface area (Å²) in [5.74, 6) is 1.38. The number of Topliss-reactive ketones (excluding diaryl/α,β-unsaturated/α-hetero) is 1. The molecule has 1 aromatic rings. The summed E-state index contributed by atoms with van der Waals surface area (Å²) in [6, 6.07) is 8.14. The van der Waals surface area contributed by atoms with Crippen molar-refractivity contribution in [3.8, 4) is 0 Å². The maximum atomic E-state index is 12.6. The molecule has 0 unspecified atom stereocenters. The second-order valence-electron chi connectivity index (χ2n) is 5.84. The van der Waals surface area contributed by atoms with Crippen LogP contribution in [0.25, 0.3) is 6.08 Å². The summed E-state index contributed by atoms with van der Waals surface area (Å²) in [6.07, 6.45) is 4.24. The van der Waals surface area contributed by atoms with Crippen molar-refractivity contribution in [1.82, 2.24) is 0 Å². The fraction of sp³-hybridized carbons (Fsp3) is 0.471. The van der Waals surface area contributed by atoms with E-state index in [9.17, 15) is 4.79 Å². The molecule has 1 aliphatic carbocycles. The molecule has 2 rings (SSSR count). The van der Waals surface area contributed by atoms with E-state index in [1.54, 1.807) is 0 Å². The molecule has 1 nitrogen and oxygen atoms in total. The van der Waals surface area contributed by atoms with Gasteiger partial charge in [0.25, 0.3) is 0 Å². The average molecular weight is 321 g/mol. The summed E-state index contributed by atoms with van der Waals surface area (Å²) in [7, 11) is 0. The summed E-state index contributed by atoms with van der Waals surface area (Å²) in [5, 5.41) is 0. The van der Waals surface area contributed by atoms with E-state index in [4.69, 9.17) is 0 Å². The Labute approximate surface area is 124 Å². The maximum Gasteiger partial charge on any atom is 0.162 e. The van der Waals surface area contributed by atoms with Crippen LogP contribution in [0.15, 0.2) is 34.3 Å². The summed E-state index contributed by atoms with van der Waals surface area (Å²) in [6.45, 7) is 6.46. The molecule has 0 saturated heterocycles. The SMILES string of the molecule is CC(C)[C@@H]1CC[C@H](C)C(=Cc2ccc(Br)cc2)C1=O. The standard InChI is InChI=1S/C17H21BrO/c1-11(2)15-9-4-12(3)16(17(15)19)10-13-5-7-14(18)8-6-13/h5-8,10-12,15H,4,9H2,1-3H3/t12-,15-/m0/s1. The van der Waals surface area contributed by atoms with E-state index in [2.05, 4.69) is 54.9 Å². The lowest BCUT2D eigenvalue weighted by molar-refractivity contribution is -0.122. The Morgan fingerprint density at radius 2 is 1.84 bits per heavy atom. The van der Waals surface area contributed by atoms with Gasteiger partial charge in [-0.05, 0) is 54.0 Å². The second kappa shape index (κ2) is 6.04. The van der Waals surface area contributed by atoms with Crippen LogP contribution in [0.1, 0.15) is 39.2 Å². The molecule has 2 atom stereocenters. The van der Waals surface area contributed by atoms with E-state index in [0.29, 0.717) is 17.6 Å². The van der Waals surface area contributed by atoms with Crippen molar-refractivity contribution < 1.29 is 4.79 Å². The van der Waals surface area contributed by atoms with Gasteiger partial charge in [0.05, 0.1) is 0 Å². The number of hydrogen-bond donors (Lipinski definition) is 0. The molecule has 0 radical (unpaired) electrons. The van der Waals surface area contributed by atoms with Crippen molar-refractivity contribution in [1.29, 1.82) is 0 Å². The van der Waals surface area contributed by atoms with Crippen molar-refractivity contribution in [2.45, 2.75) is 33.6 Å². The molecular weight excluding hydrogens is 300 g/mol. The van der Waals surface area contributed by atoms with Gasteiger partial charge in [0.15, 0.2) is 5.78 Å². The van der Waals surface area contributed by atoms with Crippen molar-refractivity contribution in [3.05, 3.63) is 39.9 Å². The quantitative estimate of drug-likeness (QED) is 0.692. The average Bonchev–Trinajstić information content (AvgIpc) is 2.36. The van der Waals surface area contributed by atoms with Crippen molar-refractivity contribution in [2.75, 3.05) is 0 Å². The predicted octanol–water partition coefficient (Wildman–Crippen LogP) is 5.10. The van der Waals surface area contributed by atoms with Crippen LogP contribution in [-0.2, 0) is 4.79 Å². The van der Waals surface area contributed by atoms with Gasteiger partial charge in [-0.3, -0.25) is 4.79 Å². The lowest BCUT2D eigenvalue weighted by Crippen LogP contribution is -2.30. The summed E-state index contributed by atoms with van der Waals surface area (Å²) < 4.78 is 1.07. The molecule has 0 aromatic heterocycles. The van der Waals surface area contributed by atoms with Crippen LogP contribution in [0.5, 0.6) is 0 Å². The number of allylic oxidation sites excluding steroid dienone is 1. The van der Waals surface area contributed by atoms with Gasteiger partial charge in [-0.1, -0.05) is 48.8 Å². The van der Waals surface area contributed by atoms with E-state index >= 15 is 0 Å². The molecular formula is C17H21BrO. The molecule has 0 amide bonds. The molecule has 0 spiro atoms. The van der Waals surface area contributed by atoms with E-state index in [0.717, 1.165) is 28.5 Å². The zero-order chi connectivity index (χ0) is 14.0. The first-order chi connectivity index (χ1) is 8.99. The van der Waals surface area contributed by atoms with Crippen LogP contribution in [-0.4, -0.2) is 5.78 Å². The van der Waals surface area contributed by atoms with Crippen LogP contribution in [0.2, 0.25) is 0 Å². The summed E-state index contributed by atoms with van der Waals surface area (Å²) in [5.41, 5.74) is 2.12. The van der Waals surface area contributed by atoms with Crippen molar-refractivity contribution in [3.63, 3.8) is 0 Å². The van der Waals surface area contributed by atoms with Gasteiger partial charge in [0.1, 0.15) is 0 Å². The number of hydrogen-bond acceptors (Lipinski definition) is 1. The summed E-state index contributed by atoms with van der Waals surface area (Å²) in [4.78, 5) is 12.6. The van der Waals surface area contributed by atoms with Crippen molar-refractivity contribution in [2.24, 2.45) is 17.8 Å². The maximum absolute atomic E-state index is 12.6. The van der Waals surface area contributed by atoms with Crippen LogP contribution in [0.4, 0.5) is 0 Å². The number of carbonyl (C=O) groups is 1. The molecule has 1 fully saturated rings.